The van der Waals surface area contributed by atoms with Gasteiger partial charge in [-0.25, -0.2) is 4.39 Å². The van der Waals surface area contributed by atoms with Crippen LogP contribution in [0.5, 0.6) is 0 Å². The fraction of sp³-hybridized carbons (Fsp3) is 0.438. The lowest BCUT2D eigenvalue weighted by atomic mass is 10.0. The first-order valence-corrected chi connectivity index (χ1v) is 6.75. The second kappa shape index (κ2) is 7.66. The fourth-order valence-electron chi connectivity index (χ4n) is 1.97. The third kappa shape index (κ3) is 3.82. The molecule has 0 aliphatic rings. The first kappa shape index (κ1) is 16.2. The van der Waals surface area contributed by atoms with E-state index in [9.17, 15) is 9.18 Å². The summed E-state index contributed by atoms with van der Waals surface area (Å²) in [5.41, 5.74) is 0.681. The minimum absolute atomic E-state index is 0.0782. The molecule has 20 heavy (non-hydrogen) atoms. The van der Waals surface area contributed by atoms with E-state index in [0.29, 0.717) is 12.1 Å². The molecular formula is C16H20FNO2. The molecule has 0 saturated heterocycles. The monoisotopic (exact) mass is 277 g/mol. The van der Waals surface area contributed by atoms with Gasteiger partial charge in [-0.3, -0.25) is 4.79 Å². The maximum atomic E-state index is 13.4. The average molecular weight is 277 g/mol. The lowest BCUT2D eigenvalue weighted by molar-refractivity contribution is 0.0699. The van der Waals surface area contributed by atoms with Crippen molar-refractivity contribution < 1.29 is 14.3 Å². The summed E-state index contributed by atoms with van der Waals surface area (Å²) in [6.07, 6.45) is 0.826. The Labute approximate surface area is 119 Å². The number of carbonyl (C=O) groups excluding carboxylic acids is 1. The SMILES string of the molecule is CCC(C)N(CC)C(=O)c1cc(F)ccc1C#CCO. The Bertz CT molecular complexity index is 531. The van der Waals surface area contributed by atoms with Crippen LogP contribution >= 0.6 is 0 Å². The highest BCUT2D eigenvalue weighted by molar-refractivity contribution is 5.97. The van der Waals surface area contributed by atoms with Gasteiger partial charge in [0.1, 0.15) is 12.4 Å². The van der Waals surface area contributed by atoms with Gasteiger partial charge in [-0.05, 0) is 38.5 Å². The number of carbonyl (C=O) groups is 1. The zero-order chi connectivity index (χ0) is 15.1. The van der Waals surface area contributed by atoms with Gasteiger partial charge >= 0.3 is 0 Å². The molecule has 0 fully saturated rings. The Hall–Kier alpha value is -1.86. The minimum atomic E-state index is -0.469. The second-order valence-electron chi connectivity index (χ2n) is 4.50. The molecule has 1 N–H and O–H groups in total. The number of aliphatic hydroxyl groups is 1. The van der Waals surface area contributed by atoms with E-state index in [1.54, 1.807) is 4.90 Å². The summed E-state index contributed by atoms with van der Waals surface area (Å²) < 4.78 is 13.4. The molecule has 0 saturated carbocycles. The predicted molar refractivity (Wildman–Crippen MR) is 76.8 cm³/mol. The molecule has 108 valence electrons. The molecule has 4 heteroatoms. The lowest BCUT2D eigenvalue weighted by Gasteiger charge is -2.27. The van der Waals surface area contributed by atoms with Gasteiger partial charge in [0.25, 0.3) is 5.91 Å². The molecule has 0 radical (unpaired) electrons. The van der Waals surface area contributed by atoms with Crippen LogP contribution in [0.15, 0.2) is 18.2 Å². The van der Waals surface area contributed by atoms with Crippen LogP contribution in [-0.2, 0) is 0 Å². The zero-order valence-electron chi connectivity index (χ0n) is 12.1. The van der Waals surface area contributed by atoms with Crippen molar-refractivity contribution in [1.82, 2.24) is 4.90 Å². The van der Waals surface area contributed by atoms with Crippen molar-refractivity contribution in [2.75, 3.05) is 13.2 Å². The lowest BCUT2D eigenvalue weighted by Crippen LogP contribution is -2.38. The van der Waals surface area contributed by atoms with Crippen LogP contribution < -0.4 is 0 Å². The van der Waals surface area contributed by atoms with Gasteiger partial charge in [-0.15, -0.1) is 0 Å². The topological polar surface area (TPSA) is 40.5 Å². The van der Waals surface area contributed by atoms with Crippen molar-refractivity contribution in [1.29, 1.82) is 0 Å². The van der Waals surface area contributed by atoms with Crippen LogP contribution in [0.25, 0.3) is 0 Å². The van der Waals surface area contributed by atoms with E-state index in [4.69, 9.17) is 5.11 Å². The van der Waals surface area contributed by atoms with E-state index in [-0.39, 0.29) is 24.1 Å². The molecule has 1 aromatic carbocycles. The number of halogens is 1. The van der Waals surface area contributed by atoms with E-state index < -0.39 is 5.82 Å². The number of amides is 1. The number of aliphatic hydroxyl groups excluding tert-OH is 1. The first-order chi connectivity index (χ1) is 9.54. The van der Waals surface area contributed by atoms with E-state index >= 15 is 0 Å². The van der Waals surface area contributed by atoms with Crippen molar-refractivity contribution in [2.24, 2.45) is 0 Å². The zero-order valence-corrected chi connectivity index (χ0v) is 12.1. The summed E-state index contributed by atoms with van der Waals surface area (Å²) in [5, 5.41) is 8.75. The maximum Gasteiger partial charge on any atom is 0.255 e. The molecule has 1 amide bonds. The van der Waals surface area contributed by atoms with Gasteiger partial charge in [0.05, 0.1) is 5.56 Å². The Morgan fingerprint density at radius 3 is 2.70 bits per heavy atom. The highest BCUT2D eigenvalue weighted by Gasteiger charge is 2.21. The van der Waals surface area contributed by atoms with Gasteiger partial charge in [0.15, 0.2) is 0 Å². The molecule has 1 unspecified atom stereocenters. The summed E-state index contributed by atoms with van der Waals surface area (Å²) in [7, 11) is 0. The van der Waals surface area contributed by atoms with Gasteiger partial charge in [0.2, 0.25) is 0 Å². The molecule has 1 atom stereocenters. The van der Waals surface area contributed by atoms with Gasteiger partial charge in [-0.1, -0.05) is 18.8 Å². The number of benzene rings is 1. The molecule has 0 aromatic heterocycles. The Balaban J connectivity index is 3.22. The molecule has 0 spiro atoms. The predicted octanol–water partition coefficient (Wildman–Crippen LogP) is 2.43. The minimum Gasteiger partial charge on any atom is -0.384 e. The standard InChI is InChI=1S/C16H20FNO2/c1-4-12(3)18(5-2)16(20)15-11-14(17)9-8-13(15)7-6-10-19/h8-9,11-12,19H,4-5,10H2,1-3H3. The van der Waals surface area contributed by atoms with E-state index in [1.165, 1.54) is 18.2 Å². The summed E-state index contributed by atoms with van der Waals surface area (Å²) in [6, 6.07) is 4.01. The molecule has 0 aliphatic heterocycles. The van der Waals surface area contributed by atoms with Crippen molar-refractivity contribution in [3.8, 4) is 11.8 Å². The average Bonchev–Trinajstić information content (AvgIpc) is 2.46. The summed E-state index contributed by atoms with van der Waals surface area (Å²) in [4.78, 5) is 14.2. The first-order valence-electron chi connectivity index (χ1n) is 6.75. The molecule has 0 bridgehead atoms. The fourth-order valence-corrected chi connectivity index (χ4v) is 1.97. The molecule has 0 heterocycles. The third-order valence-electron chi connectivity index (χ3n) is 3.24. The van der Waals surface area contributed by atoms with E-state index in [2.05, 4.69) is 11.8 Å². The maximum absolute atomic E-state index is 13.4. The van der Waals surface area contributed by atoms with Crippen molar-refractivity contribution in [3.63, 3.8) is 0 Å². The second-order valence-corrected chi connectivity index (χ2v) is 4.50. The molecule has 0 aliphatic carbocycles. The normalized spacial score (nSPS) is 11.4. The number of rotatable bonds is 4. The van der Waals surface area contributed by atoms with Crippen molar-refractivity contribution >= 4 is 5.91 Å². The number of hydrogen-bond acceptors (Lipinski definition) is 2. The van der Waals surface area contributed by atoms with Crippen LogP contribution in [0.4, 0.5) is 4.39 Å². The van der Waals surface area contributed by atoms with Crippen LogP contribution in [0.2, 0.25) is 0 Å². The van der Waals surface area contributed by atoms with Gasteiger partial charge < -0.3 is 10.0 Å². The number of hydrogen-bond donors (Lipinski definition) is 1. The highest BCUT2D eigenvalue weighted by Crippen LogP contribution is 2.16. The van der Waals surface area contributed by atoms with Crippen LogP contribution in [0.3, 0.4) is 0 Å². The van der Waals surface area contributed by atoms with Crippen LogP contribution in [-0.4, -0.2) is 35.1 Å². The van der Waals surface area contributed by atoms with E-state index in [1.807, 2.05) is 20.8 Å². The van der Waals surface area contributed by atoms with Crippen LogP contribution in [0, 0.1) is 17.7 Å². The summed E-state index contributed by atoms with van der Waals surface area (Å²) >= 11 is 0. The number of nitrogens with zero attached hydrogens (tertiary/aromatic N) is 1. The molecular weight excluding hydrogens is 257 g/mol. The summed E-state index contributed by atoms with van der Waals surface area (Å²) in [5.74, 6) is 4.48. The van der Waals surface area contributed by atoms with Crippen molar-refractivity contribution in [2.45, 2.75) is 33.2 Å². The molecule has 1 aromatic rings. The third-order valence-corrected chi connectivity index (χ3v) is 3.24. The Morgan fingerprint density at radius 1 is 1.45 bits per heavy atom. The van der Waals surface area contributed by atoms with Crippen LogP contribution in [0.1, 0.15) is 43.1 Å². The Kier molecular flexibility index (Phi) is 6.20. The van der Waals surface area contributed by atoms with Gasteiger partial charge in [0, 0.05) is 18.2 Å². The largest absolute Gasteiger partial charge is 0.384 e. The molecule has 1 rings (SSSR count). The Morgan fingerprint density at radius 2 is 2.15 bits per heavy atom. The quantitative estimate of drug-likeness (QED) is 0.859. The smallest absolute Gasteiger partial charge is 0.255 e. The van der Waals surface area contributed by atoms with Crippen molar-refractivity contribution in [3.05, 3.63) is 35.1 Å². The summed E-state index contributed by atoms with van der Waals surface area (Å²) in [6.45, 7) is 6.10. The van der Waals surface area contributed by atoms with Gasteiger partial charge in [-0.2, -0.15) is 0 Å². The highest BCUT2D eigenvalue weighted by atomic mass is 19.1. The van der Waals surface area contributed by atoms with E-state index in [0.717, 1.165) is 6.42 Å². The molecule has 3 nitrogen and oxygen atoms in total.